The van der Waals surface area contributed by atoms with Crippen LogP contribution in [0.25, 0.3) is 0 Å². The molecule has 2 aromatic heterocycles. The quantitative estimate of drug-likeness (QED) is 0.167. The zero-order valence-corrected chi connectivity index (χ0v) is 22.7. The standard InChI is InChI=1S/C23H20ClN7.C4F6O2/c1-14-9-10-25-22(27-14)30-20-8-7-18-12-16(20)6-5-15-3-2-4-17(11-15)29-23-26-13-19(24)21(28-18)31-23;5-3(6,7)1(11)2(12)4(8,9)10/h2-4,7-13H,5-6H2,1H3,(H,25,27,30)(H2,26,28,29,31);. The number of hydrogen-bond acceptors (Lipinski definition) is 9. The number of carbonyl (C=O) groups is 2. The Hall–Kier alpha value is -4.79. The molecule has 0 atom stereocenters. The molecular weight excluding hydrogens is 604 g/mol. The van der Waals surface area contributed by atoms with Gasteiger partial charge in [0, 0.05) is 29.0 Å². The van der Waals surface area contributed by atoms with Crippen LogP contribution >= 0.6 is 11.6 Å². The summed E-state index contributed by atoms with van der Waals surface area (Å²) in [4.78, 5) is 36.9. The van der Waals surface area contributed by atoms with E-state index in [9.17, 15) is 35.9 Å². The van der Waals surface area contributed by atoms with E-state index in [1.54, 1.807) is 12.4 Å². The smallest absolute Gasteiger partial charge is 0.339 e. The van der Waals surface area contributed by atoms with Crippen molar-refractivity contribution in [3.63, 3.8) is 0 Å². The summed E-state index contributed by atoms with van der Waals surface area (Å²) in [5.74, 6) is -5.21. The van der Waals surface area contributed by atoms with E-state index in [-0.39, 0.29) is 0 Å². The normalized spacial score (nSPS) is 12.6. The molecule has 0 fully saturated rings. The summed E-state index contributed by atoms with van der Waals surface area (Å²) in [6, 6.07) is 16.2. The van der Waals surface area contributed by atoms with Crippen LogP contribution in [-0.4, -0.2) is 43.9 Å². The van der Waals surface area contributed by atoms with E-state index < -0.39 is 23.9 Å². The number of aromatic nitrogens is 4. The van der Waals surface area contributed by atoms with Gasteiger partial charge in [-0.1, -0.05) is 23.7 Å². The van der Waals surface area contributed by atoms with Gasteiger partial charge in [-0.2, -0.15) is 31.3 Å². The van der Waals surface area contributed by atoms with Crippen molar-refractivity contribution in [2.24, 2.45) is 0 Å². The second-order valence-corrected chi connectivity index (χ2v) is 9.42. The summed E-state index contributed by atoms with van der Waals surface area (Å²) in [5.41, 5.74) is 6.06. The molecule has 3 N–H and O–H groups in total. The SMILES string of the molecule is Cc1ccnc(Nc2ccc3cc2CCc2cccc(c2)Nc2ncc(Cl)c(n2)N3)n1.O=C(C(=O)C(F)(F)F)C(F)(F)F. The number of anilines is 6. The average Bonchev–Trinajstić information content (AvgIpc) is 2.93. The van der Waals surface area contributed by atoms with Gasteiger partial charge in [-0.05, 0) is 67.3 Å². The number of ketones is 2. The average molecular weight is 624 g/mol. The molecule has 43 heavy (non-hydrogen) atoms. The number of alkyl halides is 6. The lowest BCUT2D eigenvalue weighted by molar-refractivity contribution is -0.193. The number of nitrogens with one attached hydrogen (secondary N) is 3. The van der Waals surface area contributed by atoms with Gasteiger partial charge in [-0.25, -0.2) is 15.0 Å². The summed E-state index contributed by atoms with van der Waals surface area (Å²) >= 11 is 6.34. The van der Waals surface area contributed by atoms with Gasteiger partial charge in [0.15, 0.2) is 5.82 Å². The first kappa shape index (κ1) is 31.2. The highest BCUT2D eigenvalue weighted by Crippen LogP contribution is 2.30. The Morgan fingerprint density at radius 3 is 2.23 bits per heavy atom. The molecule has 4 aromatic rings. The number of aryl methyl sites for hydroxylation is 3. The van der Waals surface area contributed by atoms with Crippen molar-refractivity contribution < 1.29 is 35.9 Å². The largest absolute Gasteiger partial charge is 0.458 e. The minimum atomic E-state index is -5.77. The zero-order valence-electron chi connectivity index (χ0n) is 21.9. The molecule has 5 rings (SSSR count). The van der Waals surface area contributed by atoms with Crippen molar-refractivity contribution in [1.29, 1.82) is 0 Å². The van der Waals surface area contributed by atoms with Gasteiger partial charge < -0.3 is 16.0 Å². The Balaban J connectivity index is 0.000000301. The number of Topliss-reactive ketones (excluding diaryl/α,β-unsaturated/α-hetero) is 2. The maximum atomic E-state index is 11.2. The summed E-state index contributed by atoms with van der Waals surface area (Å²) in [6.45, 7) is 1.95. The minimum absolute atomic E-state index is 0.450. The van der Waals surface area contributed by atoms with Gasteiger partial charge in [0.25, 0.3) is 0 Å². The number of benzene rings is 2. The second-order valence-electron chi connectivity index (χ2n) is 9.01. The Bertz CT molecular complexity index is 1640. The van der Waals surface area contributed by atoms with Crippen molar-refractivity contribution in [2.45, 2.75) is 32.1 Å². The number of halogens is 7. The van der Waals surface area contributed by atoms with Gasteiger partial charge in [0.1, 0.15) is 5.02 Å². The highest BCUT2D eigenvalue weighted by atomic mass is 35.5. The number of rotatable bonds is 3. The highest BCUT2D eigenvalue weighted by molar-refractivity contribution is 6.41. The van der Waals surface area contributed by atoms with Crippen molar-refractivity contribution in [3.8, 4) is 0 Å². The van der Waals surface area contributed by atoms with E-state index in [0.29, 0.717) is 22.7 Å². The number of nitrogens with zero attached hydrogens (tertiary/aromatic N) is 4. The van der Waals surface area contributed by atoms with E-state index in [0.717, 1.165) is 41.2 Å². The van der Waals surface area contributed by atoms with Crippen LogP contribution < -0.4 is 16.0 Å². The van der Waals surface area contributed by atoms with E-state index >= 15 is 0 Å². The molecule has 6 bridgehead atoms. The summed E-state index contributed by atoms with van der Waals surface area (Å²) in [7, 11) is 0. The Morgan fingerprint density at radius 1 is 0.860 bits per heavy atom. The molecule has 0 amide bonds. The lowest BCUT2D eigenvalue weighted by Gasteiger charge is -2.14. The van der Waals surface area contributed by atoms with E-state index in [1.165, 1.54) is 5.56 Å². The fraction of sp³-hybridized carbons (Fsp3) is 0.185. The molecule has 1 aliphatic rings. The molecule has 3 heterocycles. The number of hydrogen-bond donors (Lipinski definition) is 3. The number of fused-ring (bicyclic) bond motifs is 6. The van der Waals surface area contributed by atoms with Crippen LogP contribution in [0.4, 0.5) is 61.1 Å². The first-order valence-corrected chi connectivity index (χ1v) is 12.6. The minimum Gasteiger partial charge on any atom is -0.339 e. The Morgan fingerprint density at radius 2 is 1.56 bits per heavy atom. The summed E-state index contributed by atoms with van der Waals surface area (Å²) in [6.07, 6.45) is -6.48. The fourth-order valence-electron chi connectivity index (χ4n) is 3.75. The second kappa shape index (κ2) is 12.6. The van der Waals surface area contributed by atoms with Crippen LogP contribution in [0.2, 0.25) is 5.02 Å². The summed E-state index contributed by atoms with van der Waals surface area (Å²) in [5, 5.41) is 10.4. The molecule has 1 aliphatic heterocycles. The molecule has 2 aromatic carbocycles. The van der Waals surface area contributed by atoms with Crippen LogP contribution in [0.3, 0.4) is 0 Å². The topological polar surface area (TPSA) is 122 Å². The van der Waals surface area contributed by atoms with Gasteiger partial charge >= 0.3 is 23.9 Å². The number of carbonyl (C=O) groups excluding carboxylic acids is 2. The molecule has 224 valence electrons. The van der Waals surface area contributed by atoms with E-state index in [2.05, 4.69) is 54.1 Å². The lowest BCUT2D eigenvalue weighted by Crippen LogP contribution is -2.39. The van der Waals surface area contributed by atoms with E-state index in [4.69, 9.17) is 11.6 Å². The lowest BCUT2D eigenvalue weighted by atomic mass is 10.0. The third-order valence-electron chi connectivity index (χ3n) is 5.74. The predicted octanol–water partition coefficient (Wildman–Crippen LogP) is 6.81. The molecule has 0 spiro atoms. The predicted molar refractivity (Wildman–Crippen MR) is 146 cm³/mol. The molecule has 0 radical (unpaired) electrons. The highest BCUT2D eigenvalue weighted by Gasteiger charge is 2.54. The molecule has 0 saturated carbocycles. The van der Waals surface area contributed by atoms with Crippen LogP contribution in [-0.2, 0) is 22.4 Å². The van der Waals surface area contributed by atoms with Crippen LogP contribution in [0.1, 0.15) is 16.8 Å². The molecular formula is C27H20ClF6N7O2. The molecule has 0 aliphatic carbocycles. The van der Waals surface area contributed by atoms with Gasteiger partial charge in [-0.3, -0.25) is 9.59 Å². The first-order valence-electron chi connectivity index (χ1n) is 12.3. The molecule has 16 heteroatoms. The molecule has 0 unspecified atom stereocenters. The third kappa shape index (κ3) is 8.38. The van der Waals surface area contributed by atoms with Crippen LogP contribution in [0.15, 0.2) is 60.9 Å². The van der Waals surface area contributed by atoms with Crippen molar-refractivity contribution in [2.75, 3.05) is 16.0 Å². The third-order valence-corrected chi connectivity index (χ3v) is 6.02. The monoisotopic (exact) mass is 623 g/mol. The Labute approximate surface area is 244 Å². The zero-order chi connectivity index (χ0) is 31.4. The Kier molecular flexibility index (Phi) is 9.13. The molecule has 9 nitrogen and oxygen atoms in total. The van der Waals surface area contributed by atoms with Gasteiger partial charge in [0.05, 0.1) is 6.20 Å². The van der Waals surface area contributed by atoms with Gasteiger partial charge in [-0.15, -0.1) is 0 Å². The molecule has 0 saturated heterocycles. The fourth-order valence-corrected chi connectivity index (χ4v) is 3.89. The van der Waals surface area contributed by atoms with E-state index in [1.807, 2.05) is 37.3 Å². The maximum Gasteiger partial charge on any atom is 0.458 e. The van der Waals surface area contributed by atoms with Gasteiger partial charge in [0.2, 0.25) is 11.9 Å². The van der Waals surface area contributed by atoms with Crippen molar-refractivity contribution >= 4 is 57.9 Å². The maximum absolute atomic E-state index is 11.2. The first-order chi connectivity index (χ1) is 20.2. The van der Waals surface area contributed by atoms with Crippen molar-refractivity contribution in [3.05, 3.63) is 82.8 Å². The van der Waals surface area contributed by atoms with Crippen molar-refractivity contribution in [1.82, 2.24) is 19.9 Å². The summed E-state index contributed by atoms with van der Waals surface area (Å²) < 4.78 is 67.0. The van der Waals surface area contributed by atoms with Crippen LogP contribution in [0.5, 0.6) is 0 Å². The van der Waals surface area contributed by atoms with Crippen LogP contribution in [0, 0.1) is 6.92 Å².